The molecule has 1 aliphatic heterocycles. The summed E-state index contributed by atoms with van der Waals surface area (Å²) < 4.78 is 29.8. The number of fused-ring (bicyclic) bond motifs is 5. The van der Waals surface area contributed by atoms with E-state index >= 15 is 0 Å². The molecule has 2 N–H and O–H groups in total. The number of piperazine rings is 1. The first-order valence-corrected chi connectivity index (χ1v) is 10.6. The number of aromatic nitrogens is 3. The minimum absolute atomic E-state index is 0.260. The molecule has 3 aromatic heterocycles. The number of hydrogen-bond donors (Lipinski definition) is 2. The number of aryl methyl sites for hydroxylation is 1. The van der Waals surface area contributed by atoms with E-state index in [1.165, 1.54) is 0 Å². The summed E-state index contributed by atoms with van der Waals surface area (Å²) in [6.45, 7) is 7.75. The Morgan fingerprint density at radius 3 is 2.44 bits per heavy atom. The van der Waals surface area contributed by atoms with Gasteiger partial charge >= 0.3 is 0 Å². The van der Waals surface area contributed by atoms with Gasteiger partial charge in [0.1, 0.15) is 5.65 Å². The molecular weight excluding hydrogens is 414 g/mol. The molecule has 1 aromatic carbocycles. The van der Waals surface area contributed by atoms with Gasteiger partial charge in [-0.1, -0.05) is 0 Å². The SMILES string of the molecule is CNC(=O)c1cc2c(N3C[C@@H](C)N[C@@H](C)C3)cc(C)nc2n2c1nc1cc(F)c(F)cc12. The zero-order valence-corrected chi connectivity index (χ0v) is 18.3. The van der Waals surface area contributed by atoms with Crippen LogP contribution in [0.25, 0.3) is 27.7 Å². The van der Waals surface area contributed by atoms with E-state index in [2.05, 4.69) is 34.4 Å². The highest BCUT2D eigenvalue weighted by molar-refractivity contribution is 6.07. The van der Waals surface area contributed by atoms with Crippen LogP contribution in [0.5, 0.6) is 0 Å². The van der Waals surface area contributed by atoms with Crippen LogP contribution in [0.2, 0.25) is 0 Å². The lowest BCUT2D eigenvalue weighted by atomic mass is 10.1. The molecule has 1 saturated heterocycles. The second-order valence-electron chi connectivity index (χ2n) is 8.56. The van der Waals surface area contributed by atoms with Crippen LogP contribution in [0.4, 0.5) is 14.5 Å². The van der Waals surface area contributed by atoms with Crippen molar-refractivity contribution in [2.24, 2.45) is 0 Å². The Labute approximate surface area is 183 Å². The summed E-state index contributed by atoms with van der Waals surface area (Å²) in [6, 6.07) is 6.52. The minimum atomic E-state index is -0.986. The van der Waals surface area contributed by atoms with E-state index in [1.807, 2.05) is 13.0 Å². The molecule has 0 unspecified atom stereocenters. The number of nitrogens with zero attached hydrogens (tertiary/aromatic N) is 4. The summed E-state index contributed by atoms with van der Waals surface area (Å²) >= 11 is 0. The van der Waals surface area contributed by atoms with Crippen LogP contribution >= 0.6 is 0 Å². The van der Waals surface area contributed by atoms with Gasteiger partial charge in [0.25, 0.3) is 5.91 Å². The van der Waals surface area contributed by atoms with Gasteiger partial charge in [0.05, 0.1) is 16.6 Å². The smallest absolute Gasteiger partial charge is 0.254 e. The van der Waals surface area contributed by atoms with Crippen molar-refractivity contribution in [3.8, 4) is 0 Å². The van der Waals surface area contributed by atoms with Gasteiger partial charge < -0.3 is 15.5 Å². The number of anilines is 1. The van der Waals surface area contributed by atoms with E-state index < -0.39 is 11.6 Å². The van der Waals surface area contributed by atoms with Crippen LogP contribution < -0.4 is 15.5 Å². The Bertz CT molecular complexity index is 1390. The maximum atomic E-state index is 14.2. The van der Waals surface area contributed by atoms with Crippen molar-refractivity contribution < 1.29 is 13.6 Å². The summed E-state index contributed by atoms with van der Waals surface area (Å²) in [4.78, 5) is 24.3. The van der Waals surface area contributed by atoms with E-state index in [0.29, 0.717) is 22.4 Å². The van der Waals surface area contributed by atoms with Crippen molar-refractivity contribution in [1.82, 2.24) is 25.0 Å². The van der Waals surface area contributed by atoms with Gasteiger partial charge in [0.2, 0.25) is 0 Å². The molecule has 4 aromatic rings. The normalized spacial score (nSPS) is 19.2. The number of amides is 1. The third-order valence-corrected chi connectivity index (χ3v) is 5.95. The first-order valence-electron chi connectivity index (χ1n) is 10.6. The fraction of sp³-hybridized carbons (Fsp3) is 0.348. The van der Waals surface area contributed by atoms with Gasteiger partial charge in [-0.05, 0) is 32.9 Å². The van der Waals surface area contributed by atoms with E-state index in [-0.39, 0.29) is 23.5 Å². The number of pyridine rings is 2. The third-order valence-electron chi connectivity index (χ3n) is 5.95. The monoisotopic (exact) mass is 438 g/mol. The number of rotatable bonds is 2. The van der Waals surface area contributed by atoms with Gasteiger partial charge in [-0.15, -0.1) is 0 Å². The van der Waals surface area contributed by atoms with Crippen LogP contribution in [0.1, 0.15) is 29.9 Å². The molecule has 1 aliphatic rings. The number of benzene rings is 1. The topological polar surface area (TPSA) is 74.6 Å². The highest BCUT2D eigenvalue weighted by Gasteiger charge is 2.26. The van der Waals surface area contributed by atoms with Crippen molar-refractivity contribution in [2.75, 3.05) is 25.0 Å². The van der Waals surface area contributed by atoms with Crippen LogP contribution in [0, 0.1) is 18.6 Å². The van der Waals surface area contributed by atoms with Crippen molar-refractivity contribution >= 4 is 39.3 Å². The van der Waals surface area contributed by atoms with Gasteiger partial charge in [-0.3, -0.25) is 9.20 Å². The van der Waals surface area contributed by atoms with Crippen LogP contribution in [-0.4, -0.2) is 52.5 Å². The average molecular weight is 438 g/mol. The summed E-state index contributed by atoms with van der Waals surface area (Å²) in [5.41, 5.74) is 3.53. The molecule has 0 aliphatic carbocycles. The Hall–Kier alpha value is -3.33. The molecular formula is C23H24F2N6O. The largest absolute Gasteiger partial charge is 0.368 e. The number of imidazole rings is 1. The molecule has 1 amide bonds. The number of carbonyl (C=O) groups excluding carboxylic acids is 1. The first-order chi connectivity index (χ1) is 15.3. The molecule has 4 heterocycles. The summed E-state index contributed by atoms with van der Waals surface area (Å²) in [5.74, 6) is -2.29. The maximum Gasteiger partial charge on any atom is 0.254 e. The van der Waals surface area contributed by atoms with E-state index in [4.69, 9.17) is 4.98 Å². The van der Waals surface area contributed by atoms with Crippen molar-refractivity contribution in [1.29, 1.82) is 0 Å². The van der Waals surface area contributed by atoms with Gasteiger partial charge in [-0.2, -0.15) is 0 Å². The molecule has 0 bridgehead atoms. The molecule has 166 valence electrons. The second kappa shape index (κ2) is 7.37. The van der Waals surface area contributed by atoms with Gasteiger partial charge in [0, 0.05) is 61.1 Å². The number of carbonyl (C=O) groups is 1. The lowest BCUT2D eigenvalue weighted by molar-refractivity contribution is 0.0964. The van der Waals surface area contributed by atoms with Crippen molar-refractivity contribution in [3.05, 3.63) is 47.2 Å². The molecule has 0 spiro atoms. The highest BCUT2D eigenvalue weighted by atomic mass is 19.2. The van der Waals surface area contributed by atoms with E-state index in [1.54, 1.807) is 17.5 Å². The highest BCUT2D eigenvalue weighted by Crippen LogP contribution is 2.33. The fourth-order valence-corrected chi connectivity index (χ4v) is 4.72. The molecule has 32 heavy (non-hydrogen) atoms. The number of halogens is 2. The predicted molar refractivity (Wildman–Crippen MR) is 120 cm³/mol. The molecule has 0 saturated carbocycles. The molecule has 5 rings (SSSR count). The standard InChI is InChI=1S/C23H24F2N6O/c1-11-5-19(30-9-12(2)27-13(3)10-30)14-6-15(23(32)26-4)22-29-18-7-16(24)17(25)8-20(18)31(22)21(14)28-11/h5-8,12-13,27H,9-10H2,1-4H3,(H,26,32)/t12-,13+. The van der Waals surface area contributed by atoms with Gasteiger partial charge in [-0.25, -0.2) is 18.7 Å². The first kappa shape index (κ1) is 20.6. The number of nitrogens with one attached hydrogen (secondary N) is 2. The molecule has 7 nitrogen and oxygen atoms in total. The maximum absolute atomic E-state index is 14.2. The van der Waals surface area contributed by atoms with Gasteiger partial charge in [0.15, 0.2) is 17.3 Å². The number of hydrogen-bond acceptors (Lipinski definition) is 5. The average Bonchev–Trinajstić information content (AvgIpc) is 3.10. The lowest BCUT2D eigenvalue weighted by Gasteiger charge is -2.38. The Morgan fingerprint density at radius 1 is 1.06 bits per heavy atom. The van der Waals surface area contributed by atoms with E-state index in [0.717, 1.165) is 42.0 Å². The minimum Gasteiger partial charge on any atom is -0.368 e. The molecule has 0 radical (unpaired) electrons. The lowest BCUT2D eigenvalue weighted by Crippen LogP contribution is -2.54. The predicted octanol–water partition coefficient (Wildman–Crippen LogP) is 3.17. The van der Waals surface area contributed by atoms with E-state index in [9.17, 15) is 13.6 Å². The second-order valence-corrected chi connectivity index (χ2v) is 8.56. The quantitative estimate of drug-likeness (QED) is 0.503. The summed E-state index contributed by atoms with van der Waals surface area (Å²) in [5, 5.41) is 6.93. The summed E-state index contributed by atoms with van der Waals surface area (Å²) in [7, 11) is 1.54. The Kier molecular flexibility index (Phi) is 4.74. The molecule has 1 fully saturated rings. The Balaban J connectivity index is 1.91. The molecule has 9 heteroatoms. The Morgan fingerprint density at radius 2 is 1.75 bits per heavy atom. The fourth-order valence-electron chi connectivity index (χ4n) is 4.72. The van der Waals surface area contributed by atoms with Crippen LogP contribution in [-0.2, 0) is 0 Å². The van der Waals surface area contributed by atoms with Crippen molar-refractivity contribution in [3.63, 3.8) is 0 Å². The molecule has 2 atom stereocenters. The van der Waals surface area contributed by atoms with Crippen LogP contribution in [0.15, 0.2) is 24.3 Å². The third kappa shape index (κ3) is 3.15. The zero-order chi connectivity index (χ0) is 22.7. The van der Waals surface area contributed by atoms with Crippen molar-refractivity contribution in [2.45, 2.75) is 32.9 Å². The van der Waals surface area contributed by atoms with Crippen LogP contribution in [0.3, 0.4) is 0 Å². The zero-order valence-electron chi connectivity index (χ0n) is 18.3. The summed E-state index contributed by atoms with van der Waals surface area (Å²) in [6.07, 6.45) is 0.